The molecule has 0 bridgehead atoms. The summed E-state index contributed by atoms with van der Waals surface area (Å²) in [6.07, 6.45) is 0. The van der Waals surface area contributed by atoms with E-state index in [1.165, 1.54) is 18.9 Å². The molecule has 2 rings (SSSR count). The fraction of sp³-hybridized carbons (Fsp3) is 0.263. The maximum Gasteiger partial charge on any atom is 0.337 e. The standard InChI is InChI=1S/C19H21NO4S/c1-13-4-7-15(19(22)24-3)10-17(13)20-18(21)12-25-11-14-5-8-16(23-2)9-6-14/h4-10H,11-12H2,1-3H3,(H,20,21). The summed E-state index contributed by atoms with van der Waals surface area (Å²) in [5.41, 5.74) is 3.05. The molecule has 2 aromatic rings. The van der Waals surface area contributed by atoms with Gasteiger partial charge < -0.3 is 14.8 Å². The molecule has 5 nitrogen and oxygen atoms in total. The van der Waals surface area contributed by atoms with Gasteiger partial charge in [0.25, 0.3) is 0 Å². The van der Waals surface area contributed by atoms with Gasteiger partial charge in [0, 0.05) is 11.4 Å². The first-order valence-corrected chi connectivity index (χ1v) is 8.88. The van der Waals surface area contributed by atoms with E-state index in [4.69, 9.17) is 9.47 Å². The van der Waals surface area contributed by atoms with Gasteiger partial charge in [-0.05, 0) is 42.3 Å². The highest BCUT2D eigenvalue weighted by Gasteiger charge is 2.10. The van der Waals surface area contributed by atoms with Crippen molar-refractivity contribution in [3.8, 4) is 5.75 Å². The molecule has 0 spiro atoms. The lowest BCUT2D eigenvalue weighted by atomic mass is 10.1. The Balaban J connectivity index is 1.88. The number of amides is 1. The number of hydrogen-bond donors (Lipinski definition) is 1. The lowest BCUT2D eigenvalue weighted by Crippen LogP contribution is -2.15. The summed E-state index contributed by atoms with van der Waals surface area (Å²) in [6, 6.07) is 12.9. The molecule has 25 heavy (non-hydrogen) atoms. The van der Waals surface area contributed by atoms with Crippen molar-refractivity contribution in [1.82, 2.24) is 0 Å². The summed E-state index contributed by atoms with van der Waals surface area (Å²) in [7, 11) is 2.96. The van der Waals surface area contributed by atoms with Gasteiger partial charge in [-0.2, -0.15) is 0 Å². The van der Waals surface area contributed by atoms with E-state index in [1.807, 2.05) is 31.2 Å². The van der Waals surface area contributed by atoms with Crippen LogP contribution < -0.4 is 10.1 Å². The number of thioether (sulfide) groups is 1. The number of aryl methyl sites for hydroxylation is 1. The highest BCUT2D eigenvalue weighted by atomic mass is 32.2. The molecule has 0 saturated heterocycles. The smallest absolute Gasteiger partial charge is 0.337 e. The number of ether oxygens (including phenoxy) is 2. The number of rotatable bonds is 7. The van der Waals surface area contributed by atoms with Gasteiger partial charge in [-0.3, -0.25) is 4.79 Å². The first kappa shape index (κ1) is 18.9. The fourth-order valence-corrected chi connectivity index (χ4v) is 2.96. The molecule has 2 aromatic carbocycles. The van der Waals surface area contributed by atoms with Crippen molar-refractivity contribution >= 4 is 29.3 Å². The number of benzene rings is 2. The number of nitrogens with one attached hydrogen (secondary N) is 1. The summed E-state index contributed by atoms with van der Waals surface area (Å²) in [5.74, 6) is 1.34. The first-order chi connectivity index (χ1) is 12.0. The van der Waals surface area contributed by atoms with Crippen molar-refractivity contribution in [2.45, 2.75) is 12.7 Å². The summed E-state index contributed by atoms with van der Waals surface area (Å²) in [5, 5.41) is 2.85. The quantitative estimate of drug-likeness (QED) is 0.764. The topological polar surface area (TPSA) is 64.6 Å². The van der Waals surface area contributed by atoms with Crippen LogP contribution in [0, 0.1) is 6.92 Å². The molecule has 0 unspecified atom stereocenters. The molecular weight excluding hydrogens is 338 g/mol. The lowest BCUT2D eigenvalue weighted by Gasteiger charge is -2.10. The minimum absolute atomic E-state index is 0.108. The van der Waals surface area contributed by atoms with Gasteiger partial charge in [-0.1, -0.05) is 18.2 Å². The van der Waals surface area contributed by atoms with E-state index in [0.717, 1.165) is 22.6 Å². The highest BCUT2D eigenvalue weighted by Crippen LogP contribution is 2.19. The van der Waals surface area contributed by atoms with Crippen LogP contribution in [0.3, 0.4) is 0 Å². The van der Waals surface area contributed by atoms with Crippen LogP contribution in [0.5, 0.6) is 5.75 Å². The zero-order valence-corrected chi connectivity index (χ0v) is 15.3. The van der Waals surface area contributed by atoms with Crippen LogP contribution in [-0.4, -0.2) is 31.8 Å². The molecule has 0 atom stereocenters. The molecule has 1 amide bonds. The highest BCUT2D eigenvalue weighted by molar-refractivity contribution is 7.99. The minimum atomic E-state index is -0.427. The van der Waals surface area contributed by atoms with Crippen LogP contribution >= 0.6 is 11.8 Å². The van der Waals surface area contributed by atoms with Crippen LogP contribution in [0.1, 0.15) is 21.5 Å². The monoisotopic (exact) mass is 359 g/mol. The van der Waals surface area contributed by atoms with Crippen molar-refractivity contribution in [2.75, 3.05) is 25.3 Å². The van der Waals surface area contributed by atoms with Crippen molar-refractivity contribution in [2.24, 2.45) is 0 Å². The Bertz CT molecular complexity index is 744. The third-order valence-corrected chi connectivity index (χ3v) is 4.60. The van der Waals surface area contributed by atoms with Gasteiger partial charge in [0.1, 0.15) is 5.75 Å². The molecule has 0 aromatic heterocycles. The van der Waals surface area contributed by atoms with Gasteiger partial charge in [-0.25, -0.2) is 4.79 Å². The SMILES string of the molecule is COC(=O)c1ccc(C)c(NC(=O)CSCc2ccc(OC)cc2)c1. The normalized spacial score (nSPS) is 10.2. The minimum Gasteiger partial charge on any atom is -0.497 e. The zero-order chi connectivity index (χ0) is 18.2. The molecule has 0 fully saturated rings. The maximum absolute atomic E-state index is 12.1. The van der Waals surface area contributed by atoms with Crippen LogP contribution in [0.25, 0.3) is 0 Å². The second kappa shape index (κ2) is 9.13. The largest absolute Gasteiger partial charge is 0.497 e. The second-order valence-corrected chi connectivity index (χ2v) is 6.40. The lowest BCUT2D eigenvalue weighted by molar-refractivity contribution is -0.113. The number of carbonyl (C=O) groups is 2. The number of methoxy groups -OCH3 is 2. The Morgan fingerprint density at radius 1 is 1.08 bits per heavy atom. The van der Waals surface area contributed by atoms with Gasteiger partial charge in [-0.15, -0.1) is 11.8 Å². The van der Waals surface area contributed by atoms with E-state index in [0.29, 0.717) is 17.0 Å². The van der Waals surface area contributed by atoms with E-state index >= 15 is 0 Å². The number of carbonyl (C=O) groups excluding carboxylic acids is 2. The van der Waals surface area contributed by atoms with E-state index in [-0.39, 0.29) is 5.91 Å². The third-order valence-electron chi connectivity index (χ3n) is 3.59. The Kier molecular flexibility index (Phi) is 6.89. The maximum atomic E-state index is 12.1. The molecule has 0 saturated carbocycles. The Hall–Kier alpha value is -2.47. The van der Waals surface area contributed by atoms with Crippen LogP contribution in [-0.2, 0) is 15.3 Å². The molecule has 0 aliphatic rings. The van der Waals surface area contributed by atoms with E-state index < -0.39 is 5.97 Å². The fourth-order valence-electron chi connectivity index (χ4n) is 2.17. The summed E-state index contributed by atoms with van der Waals surface area (Å²) in [4.78, 5) is 23.7. The van der Waals surface area contributed by atoms with E-state index in [2.05, 4.69) is 5.32 Å². The molecule has 0 aliphatic carbocycles. The Morgan fingerprint density at radius 2 is 1.80 bits per heavy atom. The molecule has 0 aliphatic heterocycles. The third kappa shape index (κ3) is 5.53. The number of hydrogen-bond acceptors (Lipinski definition) is 5. The number of anilines is 1. The molecule has 0 radical (unpaired) electrons. The summed E-state index contributed by atoms with van der Waals surface area (Å²) < 4.78 is 9.82. The van der Waals surface area contributed by atoms with Crippen molar-refractivity contribution < 1.29 is 19.1 Å². The van der Waals surface area contributed by atoms with Gasteiger partial charge in [0.05, 0.1) is 25.5 Å². The molecule has 132 valence electrons. The number of esters is 1. The van der Waals surface area contributed by atoms with Gasteiger partial charge in [0.15, 0.2) is 0 Å². The van der Waals surface area contributed by atoms with Gasteiger partial charge >= 0.3 is 5.97 Å². The van der Waals surface area contributed by atoms with Crippen molar-refractivity contribution in [1.29, 1.82) is 0 Å². The predicted molar refractivity (Wildman–Crippen MR) is 100 cm³/mol. The second-order valence-electron chi connectivity index (χ2n) is 5.41. The van der Waals surface area contributed by atoms with Crippen molar-refractivity contribution in [3.05, 3.63) is 59.2 Å². The van der Waals surface area contributed by atoms with Gasteiger partial charge in [0.2, 0.25) is 5.91 Å². The average Bonchev–Trinajstić information content (AvgIpc) is 2.63. The van der Waals surface area contributed by atoms with E-state index in [1.54, 1.807) is 25.3 Å². The first-order valence-electron chi connectivity index (χ1n) is 7.73. The summed E-state index contributed by atoms with van der Waals surface area (Å²) in [6.45, 7) is 1.88. The predicted octanol–water partition coefficient (Wildman–Crippen LogP) is 3.66. The molecule has 1 N–H and O–H groups in total. The molecular formula is C19H21NO4S. The van der Waals surface area contributed by atoms with Crippen molar-refractivity contribution in [3.63, 3.8) is 0 Å². The molecule has 0 heterocycles. The Morgan fingerprint density at radius 3 is 2.44 bits per heavy atom. The summed E-state index contributed by atoms with van der Waals surface area (Å²) >= 11 is 1.52. The average molecular weight is 359 g/mol. The van der Waals surface area contributed by atoms with Crippen LogP contribution in [0.15, 0.2) is 42.5 Å². The molecule has 6 heteroatoms. The van der Waals surface area contributed by atoms with E-state index in [9.17, 15) is 9.59 Å². The zero-order valence-electron chi connectivity index (χ0n) is 14.5. The van der Waals surface area contributed by atoms with Crippen LogP contribution in [0.4, 0.5) is 5.69 Å². The van der Waals surface area contributed by atoms with Crippen LogP contribution in [0.2, 0.25) is 0 Å². The Labute approximate surface area is 151 Å².